The minimum absolute atomic E-state index is 0.0247. The van der Waals surface area contributed by atoms with Gasteiger partial charge in [-0.05, 0) is 48.0 Å². The van der Waals surface area contributed by atoms with E-state index in [9.17, 15) is 14.7 Å². The van der Waals surface area contributed by atoms with E-state index in [0.29, 0.717) is 41.7 Å². The molecular weight excluding hydrogens is 436 g/mol. The number of pyridine rings is 1. The largest absolute Gasteiger partial charge is 0.507 e. The van der Waals surface area contributed by atoms with Gasteiger partial charge in [0.05, 0.1) is 18.4 Å². The van der Waals surface area contributed by atoms with Gasteiger partial charge in [0, 0.05) is 18.3 Å². The minimum atomic E-state index is -0.861. The highest BCUT2D eigenvalue weighted by Gasteiger charge is 2.46. The molecule has 3 aromatic rings. The number of hydrogen-bond acceptors (Lipinski definition) is 7. The fourth-order valence-electron chi connectivity index (χ4n) is 4.20. The fraction of sp³-hybridized carbons (Fsp3) is 0.192. The third-order valence-electron chi connectivity index (χ3n) is 5.81. The molecule has 3 heterocycles. The van der Waals surface area contributed by atoms with Crippen LogP contribution in [0.15, 0.2) is 72.4 Å². The van der Waals surface area contributed by atoms with Crippen molar-refractivity contribution in [2.24, 2.45) is 0 Å². The number of likely N-dealkylation sites (tertiary alicyclic amines) is 1. The summed E-state index contributed by atoms with van der Waals surface area (Å²) in [6.07, 6.45) is 1.59. The fourth-order valence-corrected chi connectivity index (χ4v) is 4.20. The first-order chi connectivity index (χ1) is 16.6. The molecule has 1 atom stereocenters. The molecule has 2 aliphatic heterocycles. The lowest BCUT2D eigenvalue weighted by atomic mass is 9.98. The normalized spacial score (nSPS) is 18.7. The molecule has 1 fully saturated rings. The van der Waals surface area contributed by atoms with Crippen LogP contribution in [-0.2, 0) is 16.1 Å². The Morgan fingerprint density at radius 3 is 2.65 bits per heavy atom. The van der Waals surface area contributed by atoms with Gasteiger partial charge in [0.25, 0.3) is 11.7 Å². The summed E-state index contributed by atoms with van der Waals surface area (Å²) in [5, 5.41) is 11.2. The van der Waals surface area contributed by atoms with E-state index < -0.39 is 17.7 Å². The van der Waals surface area contributed by atoms with Gasteiger partial charge in [-0.15, -0.1) is 0 Å². The maximum Gasteiger partial charge on any atom is 0.296 e. The Morgan fingerprint density at radius 1 is 1.06 bits per heavy atom. The molecule has 172 valence electrons. The van der Waals surface area contributed by atoms with Crippen molar-refractivity contribution in [1.29, 1.82) is 0 Å². The monoisotopic (exact) mass is 458 g/mol. The predicted molar refractivity (Wildman–Crippen MR) is 123 cm³/mol. The molecule has 0 spiro atoms. The van der Waals surface area contributed by atoms with Gasteiger partial charge in [0.1, 0.15) is 30.8 Å². The molecule has 1 saturated heterocycles. The zero-order valence-electron chi connectivity index (χ0n) is 18.4. The van der Waals surface area contributed by atoms with Crippen molar-refractivity contribution in [2.75, 3.05) is 20.3 Å². The summed E-state index contributed by atoms with van der Waals surface area (Å²) in [6, 6.07) is 16.6. The predicted octanol–water partition coefficient (Wildman–Crippen LogP) is 3.48. The van der Waals surface area contributed by atoms with Crippen molar-refractivity contribution < 1.29 is 28.9 Å². The molecular formula is C26H22N2O6. The number of fused-ring (bicyclic) bond motifs is 1. The molecule has 2 aromatic carbocycles. The van der Waals surface area contributed by atoms with Gasteiger partial charge in [-0.1, -0.05) is 18.2 Å². The Kier molecular flexibility index (Phi) is 5.63. The Balaban J connectivity index is 1.60. The van der Waals surface area contributed by atoms with Crippen LogP contribution < -0.4 is 14.2 Å². The van der Waals surface area contributed by atoms with Crippen LogP contribution in [-0.4, -0.2) is 47.0 Å². The lowest BCUT2D eigenvalue weighted by Crippen LogP contribution is -2.29. The number of benzene rings is 2. The molecule has 2 aliphatic rings. The number of amides is 1. The van der Waals surface area contributed by atoms with E-state index >= 15 is 0 Å². The second-order valence-corrected chi connectivity index (χ2v) is 7.89. The smallest absolute Gasteiger partial charge is 0.296 e. The second kappa shape index (κ2) is 8.90. The highest BCUT2D eigenvalue weighted by Crippen LogP contribution is 2.41. The molecule has 0 bridgehead atoms. The molecule has 8 nitrogen and oxygen atoms in total. The van der Waals surface area contributed by atoms with Gasteiger partial charge in [-0.2, -0.15) is 0 Å². The van der Waals surface area contributed by atoms with Crippen LogP contribution in [0.5, 0.6) is 17.2 Å². The third kappa shape index (κ3) is 3.83. The maximum atomic E-state index is 13.2. The van der Waals surface area contributed by atoms with E-state index in [2.05, 4.69) is 4.98 Å². The van der Waals surface area contributed by atoms with Crippen LogP contribution >= 0.6 is 0 Å². The van der Waals surface area contributed by atoms with Gasteiger partial charge in [-0.25, -0.2) is 0 Å². The van der Waals surface area contributed by atoms with Crippen molar-refractivity contribution in [3.63, 3.8) is 0 Å². The van der Waals surface area contributed by atoms with E-state index in [1.807, 2.05) is 12.1 Å². The van der Waals surface area contributed by atoms with Crippen molar-refractivity contribution in [2.45, 2.75) is 12.6 Å². The minimum Gasteiger partial charge on any atom is -0.507 e. The highest BCUT2D eigenvalue weighted by molar-refractivity contribution is 6.46. The number of rotatable bonds is 5. The van der Waals surface area contributed by atoms with E-state index in [-0.39, 0.29) is 17.9 Å². The molecule has 1 amide bonds. The van der Waals surface area contributed by atoms with Crippen LogP contribution in [0.25, 0.3) is 5.76 Å². The Morgan fingerprint density at radius 2 is 1.88 bits per heavy atom. The standard InChI is InChI=1S/C26H22N2O6/c1-32-18-6-4-5-16(13-18)15-28-23(19-7-2-3-10-27-19)22(25(30)26(28)31)24(29)17-8-9-20-21(14-17)34-12-11-33-20/h2-10,13-14,23,29H,11-12,15H2,1H3/b24-22-. The first-order valence-corrected chi connectivity index (χ1v) is 10.8. The summed E-state index contributed by atoms with van der Waals surface area (Å²) < 4.78 is 16.4. The number of carbonyl (C=O) groups excluding carboxylic acids is 2. The summed E-state index contributed by atoms with van der Waals surface area (Å²) in [7, 11) is 1.56. The number of nitrogens with zero attached hydrogens (tertiary/aromatic N) is 2. The van der Waals surface area contributed by atoms with Gasteiger partial charge in [0.2, 0.25) is 0 Å². The SMILES string of the molecule is COc1cccc(CN2C(=O)C(=O)/C(=C(\O)c3ccc4c(c3)OCCO4)C2c2ccccn2)c1. The maximum absolute atomic E-state index is 13.2. The molecule has 0 radical (unpaired) electrons. The number of aromatic nitrogens is 1. The molecule has 0 aliphatic carbocycles. The number of hydrogen-bond donors (Lipinski definition) is 1. The van der Waals surface area contributed by atoms with Crippen molar-refractivity contribution in [1.82, 2.24) is 9.88 Å². The first kappa shape index (κ1) is 21.5. The summed E-state index contributed by atoms with van der Waals surface area (Å²) in [5.41, 5.74) is 1.58. The average molecular weight is 458 g/mol. The van der Waals surface area contributed by atoms with Crippen LogP contribution in [0.2, 0.25) is 0 Å². The number of aliphatic hydroxyl groups is 1. The van der Waals surface area contributed by atoms with Gasteiger partial charge in [-0.3, -0.25) is 14.6 Å². The van der Waals surface area contributed by atoms with E-state index in [4.69, 9.17) is 14.2 Å². The molecule has 34 heavy (non-hydrogen) atoms. The van der Waals surface area contributed by atoms with Crippen molar-refractivity contribution >= 4 is 17.4 Å². The molecule has 1 aromatic heterocycles. The topological polar surface area (TPSA) is 98.2 Å². The third-order valence-corrected chi connectivity index (χ3v) is 5.81. The van der Waals surface area contributed by atoms with Crippen LogP contribution in [0, 0.1) is 0 Å². The van der Waals surface area contributed by atoms with Crippen LogP contribution in [0.1, 0.15) is 22.9 Å². The van der Waals surface area contributed by atoms with Crippen LogP contribution in [0.4, 0.5) is 0 Å². The van der Waals surface area contributed by atoms with E-state index in [1.165, 1.54) is 4.90 Å². The zero-order chi connectivity index (χ0) is 23.7. The summed E-state index contributed by atoms with van der Waals surface area (Å²) in [6.45, 7) is 0.963. The van der Waals surface area contributed by atoms with Crippen molar-refractivity contribution in [3.8, 4) is 17.2 Å². The average Bonchev–Trinajstić information content (AvgIpc) is 3.13. The first-order valence-electron chi connectivity index (χ1n) is 10.8. The molecule has 1 N–H and O–H groups in total. The summed E-state index contributed by atoms with van der Waals surface area (Å²) in [5.74, 6) is -0.111. The second-order valence-electron chi connectivity index (χ2n) is 7.89. The van der Waals surface area contributed by atoms with Gasteiger partial charge in [0.15, 0.2) is 11.5 Å². The van der Waals surface area contributed by atoms with E-state index in [1.54, 1.807) is 61.8 Å². The van der Waals surface area contributed by atoms with E-state index in [0.717, 1.165) is 5.56 Å². The summed E-state index contributed by atoms with van der Waals surface area (Å²) >= 11 is 0. The Bertz CT molecular complexity index is 1290. The van der Waals surface area contributed by atoms with Gasteiger partial charge >= 0.3 is 0 Å². The quantitative estimate of drug-likeness (QED) is 0.355. The van der Waals surface area contributed by atoms with Crippen LogP contribution in [0.3, 0.4) is 0 Å². The number of ether oxygens (including phenoxy) is 3. The Labute approximate surface area is 196 Å². The lowest BCUT2D eigenvalue weighted by Gasteiger charge is -2.25. The lowest BCUT2D eigenvalue weighted by molar-refractivity contribution is -0.140. The highest BCUT2D eigenvalue weighted by atomic mass is 16.6. The number of aliphatic hydroxyl groups excluding tert-OH is 1. The molecule has 1 unspecified atom stereocenters. The number of carbonyl (C=O) groups is 2. The van der Waals surface area contributed by atoms with Gasteiger partial charge < -0.3 is 24.2 Å². The molecule has 8 heteroatoms. The molecule has 5 rings (SSSR count). The summed E-state index contributed by atoms with van der Waals surface area (Å²) in [4.78, 5) is 32.2. The number of methoxy groups -OCH3 is 1. The van der Waals surface area contributed by atoms with Crippen molar-refractivity contribution in [3.05, 3.63) is 89.3 Å². The zero-order valence-corrected chi connectivity index (χ0v) is 18.4. The number of ketones is 1. The molecule has 0 saturated carbocycles. The number of Topliss-reactive ketones (excluding diaryl/α,β-unsaturated/α-hetero) is 1. The Hall–Kier alpha value is -4.33.